The minimum atomic E-state index is -0.00674. The van der Waals surface area contributed by atoms with Crippen LogP contribution in [0.2, 0.25) is 0 Å². The third kappa shape index (κ3) is 5.44. The largest absolute Gasteiger partial charge is 0.382 e. The lowest BCUT2D eigenvalue weighted by Crippen LogP contribution is -2.47. The molecule has 0 radical (unpaired) electrons. The van der Waals surface area contributed by atoms with Gasteiger partial charge in [-0.25, -0.2) is 0 Å². The summed E-state index contributed by atoms with van der Waals surface area (Å²) >= 11 is 0. The highest BCUT2D eigenvalue weighted by molar-refractivity contribution is 5.81. The summed E-state index contributed by atoms with van der Waals surface area (Å²) in [5.74, 6) is 0.0926. The lowest BCUT2D eigenvalue weighted by molar-refractivity contribution is -0.123. The highest BCUT2D eigenvalue weighted by atomic mass is 16.5. The van der Waals surface area contributed by atoms with Crippen LogP contribution in [0.5, 0.6) is 0 Å². The fourth-order valence-corrected chi connectivity index (χ4v) is 1.69. The Hall–Kier alpha value is -0.650. The van der Waals surface area contributed by atoms with Crippen molar-refractivity contribution in [3.05, 3.63) is 0 Å². The fraction of sp³-hybridized carbons (Fsp3) is 0.909. The van der Waals surface area contributed by atoms with Gasteiger partial charge in [0.05, 0.1) is 25.9 Å². The highest BCUT2D eigenvalue weighted by Crippen LogP contribution is 2.06. The second kappa shape index (κ2) is 8.50. The fourth-order valence-electron chi connectivity index (χ4n) is 1.69. The molecule has 1 unspecified atom stereocenters. The highest BCUT2D eigenvalue weighted by Gasteiger charge is 2.19. The summed E-state index contributed by atoms with van der Waals surface area (Å²) in [6.07, 6.45) is 3.25. The molecule has 0 bridgehead atoms. The van der Waals surface area contributed by atoms with E-state index in [1.807, 2.05) is 0 Å². The number of hydrogen-bond donors (Lipinski definition) is 2. The smallest absolute Gasteiger partial charge is 0.237 e. The van der Waals surface area contributed by atoms with Crippen molar-refractivity contribution >= 4 is 5.91 Å². The molecular formula is C11H22N2O3. The minimum absolute atomic E-state index is 0.00674. The monoisotopic (exact) mass is 230 g/mol. The number of carbonyl (C=O) groups is 1. The lowest BCUT2D eigenvalue weighted by atomic mass is 10.0. The van der Waals surface area contributed by atoms with E-state index in [1.54, 1.807) is 7.11 Å². The Kier molecular flexibility index (Phi) is 7.12. The van der Waals surface area contributed by atoms with E-state index in [-0.39, 0.29) is 11.9 Å². The zero-order valence-electron chi connectivity index (χ0n) is 9.96. The van der Waals surface area contributed by atoms with E-state index in [0.29, 0.717) is 26.4 Å². The Morgan fingerprint density at radius 1 is 1.38 bits per heavy atom. The van der Waals surface area contributed by atoms with Gasteiger partial charge in [0.15, 0.2) is 0 Å². The van der Waals surface area contributed by atoms with E-state index in [2.05, 4.69) is 10.6 Å². The van der Waals surface area contributed by atoms with E-state index in [4.69, 9.17) is 9.47 Å². The van der Waals surface area contributed by atoms with Crippen LogP contribution in [-0.2, 0) is 14.3 Å². The average Bonchev–Trinajstić information content (AvgIpc) is 2.34. The number of piperidine rings is 1. The Bertz CT molecular complexity index is 194. The van der Waals surface area contributed by atoms with Gasteiger partial charge in [-0.2, -0.15) is 0 Å². The van der Waals surface area contributed by atoms with Crippen molar-refractivity contribution in [1.82, 2.24) is 10.6 Å². The summed E-state index contributed by atoms with van der Waals surface area (Å²) in [6.45, 7) is 3.23. The number of methoxy groups -OCH3 is 1. The third-order valence-electron chi connectivity index (χ3n) is 2.60. The van der Waals surface area contributed by atoms with E-state index < -0.39 is 0 Å². The number of hydrogen-bond acceptors (Lipinski definition) is 4. The van der Waals surface area contributed by atoms with Crippen LogP contribution in [-0.4, -0.2) is 52.0 Å². The first-order valence-electron chi connectivity index (χ1n) is 5.92. The molecule has 2 N–H and O–H groups in total. The molecule has 1 atom stereocenters. The number of amides is 1. The Labute approximate surface area is 96.9 Å². The van der Waals surface area contributed by atoms with Gasteiger partial charge < -0.3 is 20.1 Å². The van der Waals surface area contributed by atoms with Crippen molar-refractivity contribution in [1.29, 1.82) is 0 Å². The summed E-state index contributed by atoms with van der Waals surface area (Å²) in [6, 6.07) is -0.00674. The first kappa shape index (κ1) is 13.4. The van der Waals surface area contributed by atoms with Crippen LogP contribution >= 0.6 is 0 Å². The van der Waals surface area contributed by atoms with Crippen molar-refractivity contribution < 1.29 is 14.3 Å². The van der Waals surface area contributed by atoms with Crippen LogP contribution < -0.4 is 10.6 Å². The maximum Gasteiger partial charge on any atom is 0.237 e. The molecule has 1 rings (SSSR count). The normalized spacial score (nSPS) is 20.7. The Morgan fingerprint density at radius 2 is 2.25 bits per heavy atom. The summed E-state index contributed by atoms with van der Waals surface area (Å²) in [5, 5.41) is 6.07. The summed E-state index contributed by atoms with van der Waals surface area (Å²) in [7, 11) is 1.64. The molecule has 5 heteroatoms. The van der Waals surface area contributed by atoms with Crippen LogP contribution in [0.4, 0.5) is 0 Å². The van der Waals surface area contributed by atoms with Gasteiger partial charge in [-0.3, -0.25) is 4.79 Å². The lowest BCUT2D eigenvalue weighted by Gasteiger charge is -2.22. The molecule has 1 fully saturated rings. The van der Waals surface area contributed by atoms with E-state index in [1.165, 1.54) is 6.42 Å². The molecule has 0 saturated carbocycles. The molecular weight excluding hydrogens is 208 g/mol. The van der Waals surface area contributed by atoms with Crippen molar-refractivity contribution in [2.75, 3.05) is 40.0 Å². The van der Waals surface area contributed by atoms with E-state index >= 15 is 0 Å². The van der Waals surface area contributed by atoms with Crippen LogP contribution in [0.1, 0.15) is 19.3 Å². The van der Waals surface area contributed by atoms with Gasteiger partial charge in [-0.15, -0.1) is 0 Å². The first-order valence-corrected chi connectivity index (χ1v) is 5.92. The Morgan fingerprint density at radius 3 is 2.94 bits per heavy atom. The summed E-state index contributed by atoms with van der Waals surface area (Å²) in [4.78, 5) is 11.6. The van der Waals surface area contributed by atoms with Gasteiger partial charge in [0.25, 0.3) is 0 Å². The summed E-state index contributed by atoms with van der Waals surface area (Å²) in [5.41, 5.74) is 0. The molecule has 0 aromatic carbocycles. The van der Waals surface area contributed by atoms with Crippen LogP contribution in [0, 0.1) is 0 Å². The topological polar surface area (TPSA) is 59.6 Å². The SMILES string of the molecule is COCCOCCNC(=O)C1CCCCN1. The number of carbonyl (C=O) groups excluding carboxylic acids is 1. The van der Waals surface area contributed by atoms with Gasteiger partial charge >= 0.3 is 0 Å². The zero-order chi connectivity index (χ0) is 11.6. The van der Waals surface area contributed by atoms with Crippen molar-refractivity contribution in [3.63, 3.8) is 0 Å². The average molecular weight is 230 g/mol. The molecule has 0 aliphatic carbocycles. The van der Waals surface area contributed by atoms with Crippen LogP contribution in [0.3, 0.4) is 0 Å². The second-order valence-electron chi connectivity index (χ2n) is 3.90. The number of ether oxygens (including phenoxy) is 2. The van der Waals surface area contributed by atoms with Gasteiger partial charge in [0, 0.05) is 13.7 Å². The quantitative estimate of drug-likeness (QED) is 0.600. The number of nitrogens with one attached hydrogen (secondary N) is 2. The zero-order valence-corrected chi connectivity index (χ0v) is 9.96. The van der Waals surface area contributed by atoms with Crippen LogP contribution in [0.25, 0.3) is 0 Å². The summed E-state index contributed by atoms with van der Waals surface area (Å²) < 4.78 is 10.1. The molecule has 16 heavy (non-hydrogen) atoms. The van der Waals surface area contributed by atoms with Crippen molar-refractivity contribution in [3.8, 4) is 0 Å². The van der Waals surface area contributed by atoms with Gasteiger partial charge in [0.2, 0.25) is 5.91 Å². The molecule has 5 nitrogen and oxygen atoms in total. The second-order valence-corrected chi connectivity index (χ2v) is 3.90. The Balaban J connectivity index is 1.97. The predicted molar refractivity (Wildman–Crippen MR) is 61.3 cm³/mol. The molecule has 0 aromatic rings. The van der Waals surface area contributed by atoms with Gasteiger partial charge in [-0.1, -0.05) is 6.42 Å². The van der Waals surface area contributed by atoms with Crippen LogP contribution in [0.15, 0.2) is 0 Å². The maximum absolute atomic E-state index is 11.6. The molecule has 1 saturated heterocycles. The van der Waals surface area contributed by atoms with Gasteiger partial charge in [-0.05, 0) is 19.4 Å². The van der Waals surface area contributed by atoms with Crippen molar-refractivity contribution in [2.24, 2.45) is 0 Å². The van der Waals surface area contributed by atoms with E-state index in [9.17, 15) is 4.79 Å². The predicted octanol–water partition coefficient (Wildman–Crippen LogP) is -0.0923. The molecule has 0 aromatic heterocycles. The first-order chi connectivity index (χ1) is 7.84. The minimum Gasteiger partial charge on any atom is -0.382 e. The van der Waals surface area contributed by atoms with Gasteiger partial charge in [0.1, 0.15) is 0 Å². The third-order valence-corrected chi connectivity index (χ3v) is 2.60. The van der Waals surface area contributed by atoms with Crippen molar-refractivity contribution in [2.45, 2.75) is 25.3 Å². The maximum atomic E-state index is 11.6. The molecule has 1 aliphatic rings. The number of rotatable bonds is 7. The molecule has 1 aliphatic heterocycles. The standard InChI is InChI=1S/C11H22N2O3/c1-15-8-9-16-7-6-13-11(14)10-4-2-3-5-12-10/h10,12H,2-9H2,1H3,(H,13,14). The molecule has 1 heterocycles. The molecule has 94 valence electrons. The van der Waals surface area contributed by atoms with E-state index in [0.717, 1.165) is 19.4 Å². The molecule has 1 amide bonds. The molecule has 0 spiro atoms.